The Morgan fingerprint density at radius 2 is 2.14 bits per heavy atom. The molecular weight excluding hydrogens is 266 g/mol. The number of fused-ring (bicyclic) bond motifs is 1. The van der Waals surface area contributed by atoms with Crippen molar-refractivity contribution in [1.29, 1.82) is 0 Å². The van der Waals surface area contributed by atoms with E-state index in [0.717, 1.165) is 36.0 Å². The molecule has 0 radical (unpaired) electrons. The molecule has 1 N–H and O–H groups in total. The minimum atomic E-state index is -0.701. The largest absolute Gasteiger partial charge is 0.490 e. The van der Waals surface area contributed by atoms with Crippen LogP contribution in [0.25, 0.3) is 10.9 Å². The molecule has 0 amide bonds. The quantitative estimate of drug-likeness (QED) is 0.881. The van der Waals surface area contributed by atoms with Gasteiger partial charge in [0.1, 0.15) is 5.75 Å². The van der Waals surface area contributed by atoms with Gasteiger partial charge in [0.25, 0.3) is 0 Å². The fourth-order valence-corrected chi connectivity index (χ4v) is 2.94. The molecule has 1 aliphatic carbocycles. The third kappa shape index (κ3) is 2.89. The first-order valence-electron chi connectivity index (χ1n) is 7.45. The molecule has 1 aromatic heterocycles. The van der Waals surface area contributed by atoms with Gasteiger partial charge in [0.05, 0.1) is 18.0 Å². The average molecular weight is 287 g/mol. The van der Waals surface area contributed by atoms with E-state index in [1.54, 1.807) is 0 Å². The Balaban J connectivity index is 1.89. The highest BCUT2D eigenvalue weighted by Gasteiger charge is 2.44. The van der Waals surface area contributed by atoms with Crippen LogP contribution in [-0.2, 0) is 11.3 Å². The zero-order valence-corrected chi connectivity index (χ0v) is 12.5. The van der Waals surface area contributed by atoms with Gasteiger partial charge in [-0.2, -0.15) is 0 Å². The summed E-state index contributed by atoms with van der Waals surface area (Å²) in [5.74, 6) is 0.192. The second kappa shape index (κ2) is 5.10. The summed E-state index contributed by atoms with van der Waals surface area (Å²) in [5, 5.41) is 10.1. The van der Waals surface area contributed by atoms with E-state index in [2.05, 4.69) is 16.7 Å². The zero-order chi connectivity index (χ0) is 15.0. The summed E-state index contributed by atoms with van der Waals surface area (Å²) >= 11 is 0. The summed E-state index contributed by atoms with van der Waals surface area (Å²) in [6.45, 7) is 4.80. The second-order valence-corrected chi connectivity index (χ2v) is 6.37. The van der Waals surface area contributed by atoms with Crippen molar-refractivity contribution >= 4 is 16.9 Å². The van der Waals surface area contributed by atoms with Gasteiger partial charge in [-0.25, -0.2) is 0 Å². The fourth-order valence-electron chi connectivity index (χ4n) is 2.94. The van der Waals surface area contributed by atoms with Crippen molar-refractivity contribution in [1.82, 2.24) is 4.57 Å². The lowest BCUT2D eigenvalue weighted by Crippen LogP contribution is -2.15. The maximum absolute atomic E-state index is 11.0. The van der Waals surface area contributed by atoms with Gasteiger partial charge in [-0.1, -0.05) is 6.07 Å². The second-order valence-electron chi connectivity index (χ2n) is 6.37. The van der Waals surface area contributed by atoms with Crippen LogP contribution in [0.15, 0.2) is 30.5 Å². The maximum atomic E-state index is 11.0. The van der Waals surface area contributed by atoms with Crippen molar-refractivity contribution in [2.75, 3.05) is 0 Å². The molecule has 1 aliphatic rings. The monoisotopic (exact) mass is 287 g/mol. The standard InChI is InChI=1S/C17H21NO3/c1-12(2)21-15-5-3-4-14-13(15)6-9-18(14)11-17(7-8-17)10-16(19)20/h3-6,9,12H,7-8,10-11H2,1-2H3,(H,19,20). The highest BCUT2D eigenvalue weighted by atomic mass is 16.5. The van der Waals surface area contributed by atoms with Gasteiger partial charge in [0.2, 0.25) is 0 Å². The Morgan fingerprint density at radius 3 is 2.76 bits per heavy atom. The predicted molar refractivity (Wildman–Crippen MR) is 81.6 cm³/mol. The summed E-state index contributed by atoms with van der Waals surface area (Å²) in [4.78, 5) is 11.0. The van der Waals surface area contributed by atoms with E-state index in [4.69, 9.17) is 9.84 Å². The van der Waals surface area contributed by atoms with E-state index in [-0.39, 0.29) is 17.9 Å². The number of hydrogen-bond acceptors (Lipinski definition) is 2. The number of aliphatic carboxylic acids is 1. The Kier molecular flexibility index (Phi) is 3.40. The number of nitrogens with zero attached hydrogens (tertiary/aromatic N) is 1. The molecule has 0 spiro atoms. The zero-order valence-electron chi connectivity index (χ0n) is 12.5. The molecule has 1 saturated carbocycles. The SMILES string of the molecule is CC(C)Oc1cccc2c1ccn2CC1(CC(=O)O)CC1. The van der Waals surface area contributed by atoms with Crippen LogP contribution in [-0.4, -0.2) is 21.7 Å². The number of benzene rings is 1. The molecule has 0 unspecified atom stereocenters. The smallest absolute Gasteiger partial charge is 0.303 e. The van der Waals surface area contributed by atoms with Gasteiger partial charge in [-0.05, 0) is 50.3 Å². The predicted octanol–water partition coefficient (Wildman–Crippen LogP) is 3.68. The Morgan fingerprint density at radius 1 is 1.38 bits per heavy atom. The Hall–Kier alpha value is -1.97. The fraction of sp³-hybridized carbons (Fsp3) is 0.471. The molecular formula is C17H21NO3. The summed E-state index contributed by atoms with van der Waals surface area (Å²) in [6, 6.07) is 8.10. The number of carbonyl (C=O) groups is 1. The van der Waals surface area contributed by atoms with Crippen molar-refractivity contribution in [3.63, 3.8) is 0 Å². The minimum absolute atomic E-state index is 0.0489. The number of ether oxygens (including phenoxy) is 1. The van der Waals surface area contributed by atoms with Crippen LogP contribution >= 0.6 is 0 Å². The first-order valence-corrected chi connectivity index (χ1v) is 7.45. The number of hydrogen-bond donors (Lipinski definition) is 1. The number of carboxylic acids is 1. The van der Waals surface area contributed by atoms with Gasteiger partial charge < -0.3 is 14.4 Å². The highest BCUT2D eigenvalue weighted by molar-refractivity contribution is 5.86. The van der Waals surface area contributed by atoms with E-state index in [1.807, 2.05) is 32.2 Å². The highest BCUT2D eigenvalue weighted by Crippen LogP contribution is 2.50. The summed E-state index contributed by atoms with van der Waals surface area (Å²) < 4.78 is 8.01. The minimum Gasteiger partial charge on any atom is -0.490 e. The number of carboxylic acid groups (broad SMARTS) is 1. The number of rotatable bonds is 6. The molecule has 1 heterocycles. The van der Waals surface area contributed by atoms with E-state index >= 15 is 0 Å². The van der Waals surface area contributed by atoms with Gasteiger partial charge in [-0.15, -0.1) is 0 Å². The van der Waals surface area contributed by atoms with Crippen LogP contribution in [0.5, 0.6) is 5.75 Å². The van der Waals surface area contributed by atoms with Crippen molar-refractivity contribution < 1.29 is 14.6 Å². The van der Waals surface area contributed by atoms with E-state index in [1.165, 1.54) is 0 Å². The van der Waals surface area contributed by atoms with Crippen LogP contribution in [0.4, 0.5) is 0 Å². The molecule has 0 bridgehead atoms. The normalized spacial score (nSPS) is 16.3. The number of aromatic nitrogens is 1. The van der Waals surface area contributed by atoms with E-state index in [9.17, 15) is 4.79 Å². The van der Waals surface area contributed by atoms with Crippen molar-refractivity contribution in [3.05, 3.63) is 30.5 Å². The van der Waals surface area contributed by atoms with Crippen molar-refractivity contribution in [2.24, 2.45) is 5.41 Å². The maximum Gasteiger partial charge on any atom is 0.303 e. The molecule has 0 saturated heterocycles. The van der Waals surface area contributed by atoms with Crippen LogP contribution in [0, 0.1) is 5.41 Å². The van der Waals surface area contributed by atoms with Gasteiger partial charge >= 0.3 is 5.97 Å². The van der Waals surface area contributed by atoms with Gasteiger partial charge in [0.15, 0.2) is 0 Å². The molecule has 0 aliphatic heterocycles. The van der Waals surface area contributed by atoms with Crippen molar-refractivity contribution in [3.8, 4) is 5.75 Å². The Labute approximate surface area is 124 Å². The molecule has 112 valence electrons. The molecule has 21 heavy (non-hydrogen) atoms. The Bertz CT molecular complexity index is 668. The molecule has 4 nitrogen and oxygen atoms in total. The van der Waals surface area contributed by atoms with Crippen molar-refractivity contribution in [2.45, 2.75) is 45.8 Å². The van der Waals surface area contributed by atoms with E-state index in [0.29, 0.717) is 0 Å². The van der Waals surface area contributed by atoms with Gasteiger partial charge in [0, 0.05) is 18.1 Å². The van der Waals surface area contributed by atoms with Crippen LogP contribution in [0.1, 0.15) is 33.1 Å². The third-order valence-electron chi connectivity index (χ3n) is 4.13. The summed E-state index contributed by atoms with van der Waals surface area (Å²) in [6.07, 6.45) is 4.44. The third-order valence-corrected chi connectivity index (χ3v) is 4.13. The lowest BCUT2D eigenvalue weighted by molar-refractivity contribution is -0.138. The summed E-state index contributed by atoms with van der Waals surface area (Å²) in [5.41, 5.74) is 1.07. The van der Waals surface area contributed by atoms with Crippen LogP contribution < -0.4 is 4.74 Å². The first kappa shape index (κ1) is 14.0. The molecule has 0 atom stereocenters. The average Bonchev–Trinajstić information content (AvgIpc) is 3.00. The molecule has 1 aromatic carbocycles. The summed E-state index contributed by atoms with van der Waals surface area (Å²) in [7, 11) is 0. The van der Waals surface area contributed by atoms with Crippen LogP contribution in [0.2, 0.25) is 0 Å². The lowest BCUT2D eigenvalue weighted by atomic mass is 10.0. The lowest BCUT2D eigenvalue weighted by Gasteiger charge is -2.15. The molecule has 2 aromatic rings. The molecule has 1 fully saturated rings. The topological polar surface area (TPSA) is 51.5 Å². The van der Waals surface area contributed by atoms with Crippen LogP contribution in [0.3, 0.4) is 0 Å². The molecule has 4 heteroatoms. The van der Waals surface area contributed by atoms with E-state index < -0.39 is 5.97 Å². The molecule has 3 rings (SSSR count). The first-order chi connectivity index (χ1) is 9.99. The van der Waals surface area contributed by atoms with Gasteiger partial charge in [-0.3, -0.25) is 4.79 Å².